The standard InChI is InChI=1S/C20H25N5O2S2/c1-2-15-7-8-18(28-15)29(26,27)24-13-11-23(12-14-24)20-19-16-5-3-4-6-17(16)22-25(19)10-9-21-20/h7-10H,2-6,11-14H2,1H3. The predicted molar refractivity (Wildman–Crippen MR) is 114 cm³/mol. The van der Waals surface area contributed by atoms with Gasteiger partial charge < -0.3 is 4.90 Å². The normalized spacial score (nSPS) is 18.3. The Labute approximate surface area is 175 Å². The van der Waals surface area contributed by atoms with E-state index in [1.807, 2.05) is 23.7 Å². The maximum Gasteiger partial charge on any atom is 0.252 e. The number of piperazine rings is 1. The summed E-state index contributed by atoms with van der Waals surface area (Å²) >= 11 is 1.38. The van der Waals surface area contributed by atoms with Crippen LogP contribution in [0.1, 0.15) is 35.9 Å². The smallest absolute Gasteiger partial charge is 0.252 e. The van der Waals surface area contributed by atoms with Gasteiger partial charge >= 0.3 is 0 Å². The molecule has 3 aromatic heterocycles. The average molecular weight is 432 g/mol. The van der Waals surface area contributed by atoms with Crippen LogP contribution in [0.3, 0.4) is 0 Å². The van der Waals surface area contributed by atoms with Crippen molar-refractivity contribution in [2.24, 2.45) is 0 Å². The van der Waals surface area contributed by atoms with Crippen molar-refractivity contribution in [1.82, 2.24) is 18.9 Å². The van der Waals surface area contributed by atoms with E-state index in [1.165, 1.54) is 35.4 Å². The molecule has 0 atom stereocenters. The zero-order valence-electron chi connectivity index (χ0n) is 16.5. The molecule has 0 saturated carbocycles. The third-order valence-corrected chi connectivity index (χ3v) is 9.51. The molecule has 0 N–H and O–H groups in total. The summed E-state index contributed by atoms with van der Waals surface area (Å²) in [7, 11) is -3.42. The fourth-order valence-corrected chi connectivity index (χ4v) is 7.20. The average Bonchev–Trinajstić information content (AvgIpc) is 3.39. The molecule has 0 aromatic carbocycles. The summed E-state index contributed by atoms with van der Waals surface area (Å²) in [6.45, 7) is 4.26. The second kappa shape index (κ2) is 7.37. The van der Waals surface area contributed by atoms with Crippen molar-refractivity contribution in [3.63, 3.8) is 0 Å². The highest BCUT2D eigenvalue weighted by atomic mass is 32.2. The van der Waals surface area contributed by atoms with Crippen LogP contribution >= 0.6 is 11.3 Å². The van der Waals surface area contributed by atoms with Gasteiger partial charge in [0.25, 0.3) is 10.0 Å². The van der Waals surface area contributed by atoms with Gasteiger partial charge in [0, 0.05) is 49.0 Å². The van der Waals surface area contributed by atoms with Crippen LogP contribution < -0.4 is 4.90 Å². The van der Waals surface area contributed by atoms with E-state index in [0.717, 1.165) is 35.5 Å². The minimum absolute atomic E-state index is 0.452. The first kappa shape index (κ1) is 19.0. The van der Waals surface area contributed by atoms with Gasteiger partial charge in [-0.1, -0.05) is 6.92 Å². The zero-order valence-corrected chi connectivity index (χ0v) is 18.2. The summed E-state index contributed by atoms with van der Waals surface area (Å²) in [4.78, 5) is 7.98. The number of fused-ring (bicyclic) bond motifs is 3. The van der Waals surface area contributed by atoms with Gasteiger partial charge in [0.2, 0.25) is 0 Å². The maximum atomic E-state index is 13.0. The largest absolute Gasteiger partial charge is 0.352 e. The number of thiophene rings is 1. The Kier molecular flexibility index (Phi) is 4.84. The molecule has 9 heteroatoms. The van der Waals surface area contributed by atoms with Crippen LogP contribution in [0.5, 0.6) is 0 Å². The Morgan fingerprint density at radius 3 is 2.66 bits per heavy atom. The highest BCUT2D eigenvalue weighted by molar-refractivity contribution is 7.91. The Morgan fingerprint density at radius 1 is 1.10 bits per heavy atom. The van der Waals surface area contributed by atoms with Crippen molar-refractivity contribution >= 4 is 32.7 Å². The molecule has 1 aliphatic heterocycles. The zero-order chi connectivity index (χ0) is 20.0. The van der Waals surface area contributed by atoms with Crippen molar-refractivity contribution < 1.29 is 8.42 Å². The summed E-state index contributed by atoms with van der Waals surface area (Å²) in [6.07, 6.45) is 9.03. The topological polar surface area (TPSA) is 70.8 Å². The van der Waals surface area contributed by atoms with Gasteiger partial charge in [-0.15, -0.1) is 11.3 Å². The molecule has 3 aromatic rings. The fraction of sp³-hybridized carbons (Fsp3) is 0.500. The number of nitrogens with zero attached hydrogens (tertiary/aromatic N) is 5. The fourth-order valence-electron chi connectivity index (χ4n) is 4.33. The van der Waals surface area contributed by atoms with Gasteiger partial charge in [0.15, 0.2) is 5.82 Å². The minimum Gasteiger partial charge on any atom is -0.352 e. The second-order valence-corrected chi connectivity index (χ2v) is 11.0. The molecule has 1 saturated heterocycles. The molecule has 5 rings (SSSR count). The number of rotatable bonds is 4. The van der Waals surface area contributed by atoms with Crippen LogP contribution in [0.2, 0.25) is 0 Å². The van der Waals surface area contributed by atoms with Crippen LogP contribution in [0.25, 0.3) is 5.52 Å². The second-order valence-electron chi connectivity index (χ2n) is 7.64. The van der Waals surface area contributed by atoms with Crippen molar-refractivity contribution in [2.45, 2.75) is 43.2 Å². The van der Waals surface area contributed by atoms with E-state index in [2.05, 4.69) is 9.88 Å². The molecule has 1 aliphatic carbocycles. The van der Waals surface area contributed by atoms with E-state index in [0.29, 0.717) is 30.4 Å². The SMILES string of the molecule is CCc1ccc(S(=O)(=O)N2CCN(c3nccn4nc5c(c34)CCCC5)CC2)s1. The third kappa shape index (κ3) is 3.25. The van der Waals surface area contributed by atoms with Crippen molar-refractivity contribution in [3.05, 3.63) is 40.7 Å². The minimum atomic E-state index is -3.42. The van der Waals surface area contributed by atoms with Crippen LogP contribution in [0, 0.1) is 0 Å². The van der Waals surface area contributed by atoms with Crippen molar-refractivity contribution in [2.75, 3.05) is 31.1 Å². The van der Waals surface area contributed by atoms with Crippen molar-refractivity contribution in [3.8, 4) is 0 Å². The van der Waals surface area contributed by atoms with Gasteiger partial charge in [0.05, 0.1) is 5.69 Å². The Bertz CT molecular complexity index is 1140. The van der Waals surface area contributed by atoms with Crippen LogP contribution in [0.4, 0.5) is 5.82 Å². The number of sulfonamides is 1. The van der Waals surface area contributed by atoms with Gasteiger partial charge in [0.1, 0.15) is 9.73 Å². The van der Waals surface area contributed by atoms with Gasteiger partial charge in [-0.25, -0.2) is 17.9 Å². The number of aromatic nitrogens is 3. The summed E-state index contributed by atoms with van der Waals surface area (Å²) in [5.74, 6) is 0.935. The highest BCUT2D eigenvalue weighted by Gasteiger charge is 2.31. The molecular formula is C20H25N5O2S2. The lowest BCUT2D eigenvalue weighted by Gasteiger charge is -2.34. The summed E-state index contributed by atoms with van der Waals surface area (Å²) in [5.41, 5.74) is 3.61. The lowest BCUT2D eigenvalue weighted by atomic mass is 9.97. The van der Waals surface area contributed by atoms with E-state index in [-0.39, 0.29) is 0 Å². The third-order valence-electron chi connectivity index (χ3n) is 5.92. The van der Waals surface area contributed by atoms with Gasteiger partial charge in [-0.05, 0) is 44.2 Å². The molecule has 0 amide bonds. The molecule has 0 bridgehead atoms. The molecule has 0 unspecified atom stereocenters. The summed E-state index contributed by atoms with van der Waals surface area (Å²) < 4.78 is 30.0. The van der Waals surface area contributed by atoms with Crippen LogP contribution in [0.15, 0.2) is 28.7 Å². The van der Waals surface area contributed by atoms with Crippen LogP contribution in [-0.2, 0) is 29.3 Å². The molecule has 4 heterocycles. The number of anilines is 1. The van der Waals surface area contributed by atoms with Crippen LogP contribution in [-0.4, -0.2) is 53.5 Å². The number of aryl methyl sites for hydroxylation is 3. The molecule has 7 nitrogen and oxygen atoms in total. The van der Waals surface area contributed by atoms with E-state index >= 15 is 0 Å². The molecular weight excluding hydrogens is 406 g/mol. The Hall–Kier alpha value is -1.97. The molecule has 2 aliphatic rings. The molecule has 0 spiro atoms. The Morgan fingerprint density at radius 2 is 1.90 bits per heavy atom. The van der Waals surface area contributed by atoms with E-state index in [4.69, 9.17) is 5.10 Å². The summed E-state index contributed by atoms with van der Waals surface area (Å²) in [5, 5.41) is 4.76. The predicted octanol–water partition coefficient (Wildman–Crippen LogP) is 2.74. The van der Waals surface area contributed by atoms with Crippen molar-refractivity contribution in [1.29, 1.82) is 0 Å². The lowest BCUT2D eigenvalue weighted by molar-refractivity contribution is 0.385. The molecule has 1 fully saturated rings. The first-order chi connectivity index (χ1) is 14.1. The van der Waals surface area contributed by atoms with E-state index in [9.17, 15) is 8.42 Å². The Balaban J connectivity index is 1.39. The monoisotopic (exact) mass is 431 g/mol. The van der Waals surface area contributed by atoms with E-state index in [1.54, 1.807) is 16.6 Å². The lowest BCUT2D eigenvalue weighted by Crippen LogP contribution is -2.48. The maximum absolute atomic E-state index is 13.0. The number of hydrogen-bond donors (Lipinski definition) is 0. The van der Waals surface area contributed by atoms with E-state index < -0.39 is 10.0 Å². The molecule has 154 valence electrons. The summed E-state index contributed by atoms with van der Waals surface area (Å²) in [6, 6.07) is 3.66. The highest BCUT2D eigenvalue weighted by Crippen LogP contribution is 2.31. The van der Waals surface area contributed by atoms with Gasteiger partial charge in [-0.3, -0.25) is 0 Å². The molecule has 29 heavy (non-hydrogen) atoms. The quantitative estimate of drug-likeness (QED) is 0.635. The molecule has 0 radical (unpaired) electrons. The first-order valence-electron chi connectivity index (χ1n) is 10.3. The van der Waals surface area contributed by atoms with Gasteiger partial charge in [-0.2, -0.15) is 9.40 Å². The number of hydrogen-bond acceptors (Lipinski definition) is 6. The first-order valence-corrected chi connectivity index (χ1v) is 12.5.